The highest BCUT2D eigenvalue weighted by Crippen LogP contribution is 2.35. The lowest BCUT2D eigenvalue weighted by Crippen LogP contribution is -2.45. The Morgan fingerprint density at radius 2 is 2.00 bits per heavy atom. The number of rotatable bonds is 3. The van der Waals surface area contributed by atoms with Crippen LogP contribution in [0.5, 0.6) is 0 Å². The number of aliphatic hydroxyl groups excluding tert-OH is 1. The van der Waals surface area contributed by atoms with Crippen LogP contribution in [-0.4, -0.2) is 53.6 Å². The first kappa shape index (κ1) is 13.6. The average Bonchev–Trinajstić information content (AvgIpc) is 2.82. The standard InChI is InChI=1S/C15H17N3O3/c1-17-11-9-18(7-8-19)14(20)12(11)13(16-15(17)21)10-5-3-2-4-6-10/h2-6,13,19H,7-9H2,1H3,(H,16,21). The van der Waals surface area contributed by atoms with Gasteiger partial charge in [0.15, 0.2) is 0 Å². The maximum Gasteiger partial charge on any atom is 0.322 e. The monoisotopic (exact) mass is 287 g/mol. The molecule has 0 aliphatic carbocycles. The molecule has 0 radical (unpaired) electrons. The van der Waals surface area contributed by atoms with Crippen LogP contribution in [0.3, 0.4) is 0 Å². The molecule has 1 aromatic rings. The summed E-state index contributed by atoms with van der Waals surface area (Å²) < 4.78 is 0. The minimum Gasteiger partial charge on any atom is -0.395 e. The molecule has 21 heavy (non-hydrogen) atoms. The molecule has 0 saturated heterocycles. The van der Waals surface area contributed by atoms with E-state index >= 15 is 0 Å². The maximum absolute atomic E-state index is 12.5. The number of nitrogens with zero attached hydrogens (tertiary/aromatic N) is 2. The summed E-state index contributed by atoms with van der Waals surface area (Å²) in [5.41, 5.74) is 2.19. The largest absolute Gasteiger partial charge is 0.395 e. The molecule has 3 amide bonds. The van der Waals surface area contributed by atoms with E-state index in [2.05, 4.69) is 5.32 Å². The van der Waals surface area contributed by atoms with Gasteiger partial charge >= 0.3 is 6.03 Å². The van der Waals surface area contributed by atoms with Gasteiger partial charge in [-0.3, -0.25) is 9.69 Å². The van der Waals surface area contributed by atoms with Crippen molar-refractivity contribution in [3.8, 4) is 0 Å². The summed E-state index contributed by atoms with van der Waals surface area (Å²) in [6.07, 6.45) is 0. The van der Waals surface area contributed by atoms with Gasteiger partial charge in [0, 0.05) is 13.6 Å². The molecule has 110 valence electrons. The van der Waals surface area contributed by atoms with Crippen molar-refractivity contribution in [2.24, 2.45) is 0 Å². The zero-order chi connectivity index (χ0) is 15.0. The van der Waals surface area contributed by atoms with Gasteiger partial charge in [-0.15, -0.1) is 0 Å². The molecule has 0 bridgehead atoms. The summed E-state index contributed by atoms with van der Waals surface area (Å²) in [4.78, 5) is 27.7. The summed E-state index contributed by atoms with van der Waals surface area (Å²) >= 11 is 0. The Morgan fingerprint density at radius 3 is 2.67 bits per heavy atom. The highest BCUT2D eigenvalue weighted by molar-refractivity contribution is 6.01. The second-order valence-corrected chi connectivity index (χ2v) is 5.16. The summed E-state index contributed by atoms with van der Waals surface area (Å²) in [6.45, 7) is 0.546. The smallest absolute Gasteiger partial charge is 0.322 e. The van der Waals surface area contributed by atoms with Crippen molar-refractivity contribution in [1.82, 2.24) is 15.1 Å². The van der Waals surface area contributed by atoms with E-state index in [1.807, 2.05) is 30.3 Å². The van der Waals surface area contributed by atoms with E-state index < -0.39 is 6.04 Å². The minimum atomic E-state index is -0.430. The van der Waals surface area contributed by atoms with Crippen molar-refractivity contribution >= 4 is 11.9 Å². The Labute approximate surface area is 122 Å². The number of likely N-dealkylation sites (N-methyl/N-ethyl adjacent to an activating group) is 1. The molecule has 1 unspecified atom stereocenters. The number of hydrogen-bond acceptors (Lipinski definition) is 3. The van der Waals surface area contributed by atoms with Crippen LogP contribution in [0.15, 0.2) is 41.6 Å². The van der Waals surface area contributed by atoms with Crippen LogP contribution in [0.25, 0.3) is 0 Å². The van der Waals surface area contributed by atoms with Gasteiger partial charge in [0.2, 0.25) is 0 Å². The first-order valence-corrected chi connectivity index (χ1v) is 6.86. The molecule has 6 nitrogen and oxygen atoms in total. The topological polar surface area (TPSA) is 72.9 Å². The molecule has 2 aliphatic rings. The third kappa shape index (κ3) is 2.17. The SMILES string of the molecule is CN1C(=O)NC(c2ccccc2)C2=C1CN(CCO)C2=O. The van der Waals surface area contributed by atoms with Gasteiger partial charge < -0.3 is 15.3 Å². The van der Waals surface area contributed by atoms with Crippen LogP contribution in [0.4, 0.5) is 4.79 Å². The van der Waals surface area contributed by atoms with E-state index in [0.717, 1.165) is 5.56 Å². The Bertz CT molecular complexity index is 612. The summed E-state index contributed by atoms with van der Waals surface area (Å²) in [5.74, 6) is -0.125. The number of urea groups is 1. The number of amides is 3. The fraction of sp³-hybridized carbons (Fsp3) is 0.333. The number of β-amino-alcohol motifs (C(OH)–C–C–N with tert-alkyl or cyclic N) is 1. The quantitative estimate of drug-likeness (QED) is 0.849. The Morgan fingerprint density at radius 1 is 1.29 bits per heavy atom. The lowest BCUT2D eigenvalue weighted by Gasteiger charge is -2.31. The number of carbonyl (C=O) groups is 2. The predicted molar refractivity (Wildman–Crippen MR) is 76.2 cm³/mol. The molecular weight excluding hydrogens is 270 g/mol. The summed E-state index contributed by atoms with van der Waals surface area (Å²) in [7, 11) is 1.65. The maximum atomic E-state index is 12.5. The molecule has 2 heterocycles. The van der Waals surface area contributed by atoms with Crippen LogP contribution in [0.2, 0.25) is 0 Å². The van der Waals surface area contributed by atoms with E-state index in [-0.39, 0.29) is 25.1 Å². The molecule has 1 aromatic carbocycles. The van der Waals surface area contributed by atoms with Crippen LogP contribution >= 0.6 is 0 Å². The van der Waals surface area contributed by atoms with Crippen molar-refractivity contribution < 1.29 is 14.7 Å². The summed E-state index contributed by atoms with van der Waals surface area (Å²) in [5, 5.41) is 11.9. The average molecular weight is 287 g/mol. The van der Waals surface area contributed by atoms with Gasteiger partial charge in [-0.05, 0) is 5.56 Å². The van der Waals surface area contributed by atoms with E-state index in [4.69, 9.17) is 5.11 Å². The van der Waals surface area contributed by atoms with Crippen molar-refractivity contribution in [2.45, 2.75) is 6.04 Å². The zero-order valence-corrected chi connectivity index (χ0v) is 11.7. The Kier molecular flexibility index (Phi) is 3.39. The lowest BCUT2D eigenvalue weighted by atomic mass is 9.96. The number of nitrogens with one attached hydrogen (secondary N) is 1. The number of aliphatic hydroxyl groups is 1. The van der Waals surface area contributed by atoms with Crippen LogP contribution in [0, 0.1) is 0 Å². The number of carbonyl (C=O) groups excluding carboxylic acids is 2. The molecule has 2 N–H and O–H groups in total. The molecular formula is C15H17N3O3. The first-order chi connectivity index (χ1) is 10.1. The van der Waals surface area contributed by atoms with Gasteiger partial charge in [-0.2, -0.15) is 0 Å². The van der Waals surface area contributed by atoms with Gasteiger partial charge in [-0.25, -0.2) is 4.79 Å². The lowest BCUT2D eigenvalue weighted by molar-refractivity contribution is -0.126. The first-order valence-electron chi connectivity index (χ1n) is 6.86. The van der Waals surface area contributed by atoms with E-state index in [1.165, 1.54) is 4.90 Å². The molecule has 2 aliphatic heterocycles. The highest BCUT2D eigenvalue weighted by Gasteiger charge is 2.42. The number of hydrogen-bond donors (Lipinski definition) is 2. The van der Waals surface area contributed by atoms with Crippen molar-refractivity contribution in [2.75, 3.05) is 26.7 Å². The van der Waals surface area contributed by atoms with E-state index in [1.54, 1.807) is 11.9 Å². The van der Waals surface area contributed by atoms with Crippen LogP contribution in [-0.2, 0) is 4.79 Å². The second-order valence-electron chi connectivity index (χ2n) is 5.16. The molecule has 0 saturated carbocycles. The van der Waals surface area contributed by atoms with Gasteiger partial charge in [0.1, 0.15) is 0 Å². The highest BCUT2D eigenvalue weighted by atomic mass is 16.3. The van der Waals surface area contributed by atoms with Crippen molar-refractivity contribution in [3.05, 3.63) is 47.2 Å². The number of benzene rings is 1. The van der Waals surface area contributed by atoms with Crippen molar-refractivity contribution in [3.63, 3.8) is 0 Å². The van der Waals surface area contributed by atoms with Crippen LogP contribution < -0.4 is 5.32 Å². The Hall–Kier alpha value is -2.34. The molecule has 0 spiro atoms. The normalized spacial score (nSPS) is 21.7. The zero-order valence-electron chi connectivity index (χ0n) is 11.7. The third-order valence-electron chi connectivity index (χ3n) is 3.94. The molecule has 0 fully saturated rings. The predicted octanol–water partition coefficient (Wildman–Crippen LogP) is 0.471. The van der Waals surface area contributed by atoms with Gasteiger partial charge in [0.05, 0.1) is 30.5 Å². The Balaban J connectivity index is 2.02. The minimum absolute atomic E-state index is 0.0899. The van der Waals surface area contributed by atoms with Gasteiger partial charge in [-0.1, -0.05) is 30.3 Å². The van der Waals surface area contributed by atoms with E-state index in [0.29, 0.717) is 17.8 Å². The van der Waals surface area contributed by atoms with Gasteiger partial charge in [0.25, 0.3) is 5.91 Å². The third-order valence-corrected chi connectivity index (χ3v) is 3.94. The molecule has 0 aromatic heterocycles. The molecule has 3 rings (SSSR count). The van der Waals surface area contributed by atoms with Crippen molar-refractivity contribution in [1.29, 1.82) is 0 Å². The molecule has 1 atom stereocenters. The fourth-order valence-electron chi connectivity index (χ4n) is 2.82. The summed E-state index contributed by atoms with van der Waals surface area (Å²) in [6, 6.07) is 8.79. The van der Waals surface area contributed by atoms with Crippen LogP contribution in [0.1, 0.15) is 11.6 Å². The fourth-order valence-corrected chi connectivity index (χ4v) is 2.82. The molecule has 6 heteroatoms. The van der Waals surface area contributed by atoms with E-state index in [9.17, 15) is 9.59 Å². The second kappa shape index (κ2) is 5.21.